The van der Waals surface area contributed by atoms with E-state index in [1.54, 1.807) is 11.5 Å². The summed E-state index contributed by atoms with van der Waals surface area (Å²) in [4.78, 5) is 13.5. The number of halogens is 1. The number of rotatable bonds is 6. The van der Waals surface area contributed by atoms with E-state index in [1.807, 2.05) is 24.3 Å². The largest absolute Gasteiger partial charge is 0.489 e. The predicted octanol–water partition coefficient (Wildman–Crippen LogP) is 5.27. The Labute approximate surface area is 183 Å². The van der Waals surface area contributed by atoms with Gasteiger partial charge in [0.15, 0.2) is 0 Å². The van der Waals surface area contributed by atoms with Gasteiger partial charge in [0.25, 0.3) is 0 Å². The Morgan fingerprint density at radius 1 is 1.20 bits per heavy atom. The third-order valence-corrected chi connectivity index (χ3v) is 8.11. The molecule has 3 aromatic rings. The average molecular weight is 460 g/mol. The first kappa shape index (κ1) is 20.7. The molecule has 1 atom stereocenters. The maximum absolute atomic E-state index is 13.2. The average Bonchev–Trinajstić information content (AvgIpc) is 3.17. The molecular formula is C22H18ClNO4S2. The van der Waals surface area contributed by atoms with E-state index in [0.29, 0.717) is 23.1 Å². The van der Waals surface area contributed by atoms with Gasteiger partial charge < -0.3 is 10.1 Å². The highest BCUT2D eigenvalue weighted by Crippen LogP contribution is 2.47. The highest BCUT2D eigenvalue weighted by atomic mass is 35.5. The van der Waals surface area contributed by atoms with E-state index in [2.05, 4.69) is 11.9 Å². The number of anilines is 1. The Balaban J connectivity index is 1.80. The zero-order valence-corrected chi connectivity index (χ0v) is 18.2. The number of para-hydroxylation sites is 1. The van der Waals surface area contributed by atoms with Gasteiger partial charge in [-0.2, -0.15) is 0 Å². The standard InChI is InChI=1S/C22H18ClNO4S2/c1-2-11-28-18-6-4-3-5-16(18)17-12-20(25)24-21-19(13-29-22(17)21)30(26,27)15-9-7-14(23)8-10-15/h2-10,13,17H,1,11-12H2,(H,24,25)/t17-/m1/s1. The van der Waals surface area contributed by atoms with Crippen LogP contribution in [-0.2, 0) is 14.6 Å². The molecule has 0 fully saturated rings. The topological polar surface area (TPSA) is 72.5 Å². The SMILES string of the molecule is C=CCOc1ccccc1[C@H]1CC(=O)Nc2c(S(=O)(=O)c3ccc(Cl)cc3)csc21. The van der Waals surface area contributed by atoms with Crippen LogP contribution in [0.3, 0.4) is 0 Å². The van der Waals surface area contributed by atoms with E-state index in [-0.39, 0.29) is 28.0 Å². The molecule has 0 spiro atoms. The van der Waals surface area contributed by atoms with E-state index in [1.165, 1.54) is 35.6 Å². The zero-order valence-electron chi connectivity index (χ0n) is 15.8. The van der Waals surface area contributed by atoms with Crippen LogP contribution in [0.25, 0.3) is 0 Å². The molecule has 2 aromatic carbocycles. The van der Waals surface area contributed by atoms with Crippen molar-refractivity contribution in [2.24, 2.45) is 0 Å². The molecule has 2 heterocycles. The molecule has 0 unspecified atom stereocenters. The molecule has 0 radical (unpaired) electrons. The fourth-order valence-electron chi connectivity index (χ4n) is 3.44. The van der Waals surface area contributed by atoms with Crippen LogP contribution in [-0.4, -0.2) is 20.9 Å². The predicted molar refractivity (Wildman–Crippen MR) is 118 cm³/mol. The lowest BCUT2D eigenvalue weighted by atomic mass is 9.90. The smallest absolute Gasteiger partial charge is 0.225 e. The molecule has 1 aliphatic heterocycles. The Morgan fingerprint density at radius 3 is 2.67 bits per heavy atom. The van der Waals surface area contributed by atoms with Crippen molar-refractivity contribution in [1.82, 2.24) is 0 Å². The van der Waals surface area contributed by atoms with E-state index in [0.717, 1.165) is 10.4 Å². The van der Waals surface area contributed by atoms with Gasteiger partial charge >= 0.3 is 0 Å². The molecule has 1 amide bonds. The molecule has 30 heavy (non-hydrogen) atoms. The van der Waals surface area contributed by atoms with Crippen molar-refractivity contribution >= 4 is 44.4 Å². The molecule has 8 heteroatoms. The van der Waals surface area contributed by atoms with Gasteiger partial charge in [-0.25, -0.2) is 8.42 Å². The van der Waals surface area contributed by atoms with Crippen molar-refractivity contribution in [3.8, 4) is 5.75 Å². The Bertz CT molecular complexity index is 1220. The minimum atomic E-state index is -3.81. The van der Waals surface area contributed by atoms with Gasteiger partial charge in [-0.15, -0.1) is 11.3 Å². The summed E-state index contributed by atoms with van der Waals surface area (Å²) in [7, 11) is -3.81. The Morgan fingerprint density at radius 2 is 1.93 bits per heavy atom. The summed E-state index contributed by atoms with van der Waals surface area (Å²) in [6.07, 6.45) is 1.86. The van der Waals surface area contributed by atoms with Crippen molar-refractivity contribution in [3.05, 3.63) is 82.0 Å². The first-order chi connectivity index (χ1) is 14.4. The van der Waals surface area contributed by atoms with Crippen molar-refractivity contribution in [2.45, 2.75) is 22.1 Å². The Kier molecular flexibility index (Phi) is 5.69. The molecule has 1 N–H and O–H groups in total. The summed E-state index contributed by atoms with van der Waals surface area (Å²) in [6.45, 7) is 4.01. The number of sulfone groups is 1. The fourth-order valence-corrected chi connectivity index (χ4v) is 6.47. The minimum absolute atomic E-state index is 0.0902. The van der Waals surface area contributed by atoms with E-state index in [9.17, 15) is 13.2 Å². The number of amides is 1. The number of carbonyl (C=O) groups is 1. The third kappa shape index (κ3) is 3.76. The van der Waals surface area contributed by atoms with E-state index >= 15 is 0 Å². The quantitative estimate of drug-likeness (QED) is 0.509. The number of nitrogens with one attached hydrogen (secondary N) is 1. The summed E-state index contributed by atoms with van der Waals surface area (Å²) in [5.41, 5.74) is 1.18. The minimum Gasteiger partial charge on any atom is -0.489 e. The van der Waals surface area contributed by atoms with Crippen LogP contribution < -0.4 is 10.1 Å². The van der Waals surface area contributed by atoms with Crippen LogP contribution in [0.15, 0.2) is 76.4 Å². The molecule has 1 aromatic heterocycles. The zero-order chi connectivity index (χ0) is 21.3. The lowest BCUT2D eigenvalue weighted by Gasteiger charge is -2.25. The molecule has 154 valence electrons. The summed E-state index contributed by atoms with van der Waals surface area (Å²) < 4.78 is 32.2. The normalized spacial score (nSPS) is 15.9. The number of thiophene rings is 1. The number of hydrogen-bond acceptors (Lipinski definition) is 5. The Hall–Kier alpha value is -2.61. The molecule has 1 aliphatic rings. The van der Waals surface area contributed by atoms with Crippen molar-refractivity contribution < 1.29 is 17.9 Å². The maximum atomic E-state index is 13.2. The fraction of sp³-hybridized carbons (Fsp3) is 0.136. The van der Waals surface area contributed by atoms with E-state index < -0.39 is 9.84 Å². The van der Waals surface area contributed by atoms with Gasteiger partial charge in [0.1, 0.15) is 17.3 Å². The number of hydrogen-bond donors (Lipinski definition) is 1. The van der Waals surface area contributed by atoms with Crippen LogP contribution >= 0.6 is 22.9 Å². The molecular weight excluding hydrogens is 442 g/mol. The van der Waals surface area contributed by atoms with Crippen LogP contribution in [0, 0.1) is 0 Å². The van der Waals surface area contributed by atoms with Gasteiger partial charge in [0.2, 0.25) is 15.7 Å². The molecule has 0 saturated heterocycles. The molecule has 4 rings (SSSR count). The van der Waals surface area contributed by atoms with Gasteiger partial charge in [-0.1, -0.05) is 42.5 Å². The summed E-state index contributed by atoms with van der Waals surface area (Å²) in [5.74, 6) is 0.115. The molecule has 5 nitrogen and oxygen atoms in total. The highest BCUT2D eigenvalue weighted by molar-refractivity contribution is 7.91. The lowest BCUT2D eigenvalue weighted by Crippen LogP contribution is -2.23. The van der Waals surface area contributed by atoms with E-state index in [4.69, 9.17) is 16.3 Å². The van der Waals surface area contributed by atoms with Crippen molar-refractivity contribution in [2.75, 3.05) is 11.9 Å². The lowest BCUT2D eigenvalue weighted by molar-refractivity contribution is -0.116. The van der Waals surface area contributed by atoms with Crippen LogP contribution in [0.5, 0.6) is 5.75 Å². The monoisotopic (exact) mass is 459 g/mol. The van der Waals surface area contributed by atoms with Gasteiger partial charge in [-0.3, -0.25) is 4.79 Å². The molecule has 0 bridgehead atoms. The summed E-state index contributed by atoms with van der Waals surface area (Å²) in [6, 6.07) is 13.5. The molecule has 0 aliphatic carbocycles. The highest BCUT2D eigenvalue weighted by Gasteiger charge is 2.35. The van der Waals surface area contributed by atoms with Crippen molar-refractivity contribution in [3.63, 3.8) is 0 Å². The van der Waals surface area contributed by atoms with Gasteiger partial charge in [0.05, 0.1) is 10.6 Å². The number of ether oxygens (including phenoxy) is 1. The van der Waals surface area contributed by atoms with Crippen LogP contribution in [0.2, 0.25) is 5.02 Å². The van der Waals surface area contributed by atoms with Crippen LogP contribution in [0.4, 0.5) is 5.69 Å². The number of carbonyl (C=O) groups excluding carboxylic acids is 1. The maximum Gasteiger partial charge on any atom is 0.225 e. The third-order valence-electron chi connectivity index (χ3n) is 4.82. The number of fused-ring (bicyclic) bond motifs is 1. The molecule has 0 saturated carbocycles. The first-order valence-electron chi connectivity index (χ1n) is 9.16. The summed E-state index contributed by atoms with van der Waals surface area (Å²) >= 11 is 7.21. The van der Waals surface area contributed by atoms with Crippen LogP contribution in [0.1, 0.15) is 22.8 Å². The van der Waals surface area contributed by atoms with Gasteiger partial charge in [0, 0.05) is 33.2 Å². The second-order valence-electron chi connectivity index (χ2n) is 6.74. The summed E-state index contributed by atoms with van der Waals surface area (Å²) in [5, 5.41) is 4.80. The van der Waals surface area contributed by atoms with Crippen molar-refractivity contribution in [1.29, 1.82) is 0 Å². The van der Waals surface area contributed by atoms with Gasteiger partial charge in [-0.05, 0) is 30.3 Å². The first-order valence-corrected chi connectivity index (χ1v) is 11.9. The second kappa shape index (κ2) is 8.26. The second-order valence-corrected chi connectivity index (χ2v) is 10.0. The number of benzene rings is 2.